The second kappa shape index (κ2) is 6.62. The second-order valence-electron chi connectivity index (χ2n) is 8.18. The van der Waals surface area contributed by atoms with Crippen molar-refractivity contribution in [1.82, 2.24) is 14.0 Å². The number of fused-ring (bicyclic) bond motifs is 3. The van der Waals surface area contributed by atoms with Crippen molar-refractivity contribution in [1.29, 1.82) is 0 Å². The third kappa shape index (κ3) is 2.90. The highest BCUT2D eigenvalue weighted by Crippen LogP contribution is 2.30. The molecule has 0 atom stereocenters. The van der Waals surface area contributed by atoms with Gasteiger partial charge in [0.25, 0.3) is 0 Å². The number of aromatic nitrogens is 3. The summed E-state index contributed by atoms with van der Waals surface area (Å²) in [5.74, 6) is 0.239. The van der Waals surface area contributed by atoms with Gasteiger partial charge in [0.2, 0.25) is 0 Å². The lowest BCUT2D eigenvalue weighted by atomic mass is 10.1. The predicted octanol–water partition coefficient (Wildman–Crippen LogP) is 4.68. The van der Waals surface area contributed by atoms with Crippen molar-refractivity contribution in [2.45, 2.75) is 20.4 Å². The largest absolute Gasteiger partial charge is 0.506 e. The first kappa shape index (κ1) is 18.5. The number of anilines is 1. The highest BCUT2D eigenvalue weighted by molar-refractivity contribution is 5.85. The van der Waals surface area contributed by atoms with Crippen LogP contribution in [0.5, 0.6) is 5.75 Å². The van der Waals surface area contributed by atoms with Gasteiger partial charge in [-0.05, 0) is 38.1 Å². The molecule has 6 rings (SSSR count). The van der Waals surface area contributed by atoms with Crippen LogP contribution in [-0.2, 0) is 6.54 Å². The van der Waals surface area contributed by atoms with Crippen LogP contribution in [0, 0.1) is 13.8 Å². The molecule has 158 valence electrons. The number of aryl methyl sites for hydroxylation is 2. The van der Waals surface area contributed by atoms with E-state index in [1.165, 1.54) is 0 Å². The summed E-state index contributed by atoms with van der Waals surface area (Å²) in [6, 6.07) is 11.4. The summed E-state index contributed by atoms with van der Waals surface area (Å²) in [5, 5.41) is 10.6. The van der Waals surface area contributed by atoms with Gasteiger partial charge in [0.15, 0.2) is 0 Å². The SMILES string of the molecule is Cc1cn2cc(-c3cc4ccc(N5C=Cn6cc(O)cc6C5)cc4oc3=O)cc2c(C)n1. The van der Waals surface area contributed by atoms with Crippen molar-refractivity contribution < 1.29 is 9.52 Å². The zero-order chi connectivity index (χ0) is 22.0. The fourth-order valence-corrected chi connectivity index (χ4v) is 4.39. The zero-order valence-electron chi connectivity index (χ0n) is 17.6. The van der Waals surface area contributed by atoms with Crippen LogP contribution < -0.4 is 10.5 Å². The Balaban J connectivity index is 1.40. The van der Waals surface area contributed by atoms with Gasteiger partial charge in [0, 0.05) is 59.3 Å². The minimum atomic E-state index is -0.374. The topological polar surface area (TPSA) is 75.9 Å². The van der Waals surface area contributed by atoms with Crippen LogP contribution in [0.25, 0.3) is 33.8 Å². The van der Waals surface area contributed by atoms with Crippen LogP contribution in [0.15, 0.2) is 70.4 Å². The molecule has 0 aliphatic carbocycles. The molecule has 0 unspecified atom stereocenters. The summed E-state index contributed by atoms with van der Waals surface area (Å²) in [5.41, 5.74) is 6.17. The van der Waals surface area contributed by atoms with E-state index in [0.717, 1.165) is 39.2 Å². The van der Waals surface area contributed by atoms with E-state index in [4.69, 9.17) is 4.42 Å². The van der Waals surface area contributed by atoms with Crippen molar-refractivity contribution in [3.05, 3.63) is 88.7 Å². The molecule has 0 amide bonds. The number of hydrogen-bond donors (Lipinski definition) is 1. The summed E-state index contributed by atoms with van der Waals surface area (Å²) in [4.78, 5) is 19.4. The quantitative estimate of drug-likeness (QED) is 0.417. The molecule has 7 heteroatoms. The smallest absolute Gasteiger partial charge is 0.344 e. The van der Waals surface area contributed by atoms with Crippen LogP contribution in [0.2, 0.25) is 0 Å². The highest BCUT2D eigenvalue weighted by atomic mass is 16.4. The van der Waals surface area contributed by atoms with Gasteiger partial charge in [0.1, 0.15) is 11.3 Å². The van der Waals surface area contributed by atoms with Gasteiger partial charge in [-0.2, -0.15) is 0 Å². The van der Waals surface area contributed by atoms with E-state index in [1.807, 2.05) is 82.8 Å². The van der Waals surface area contributed by atoms with Crippen LogP contribution >= 0.6 is 0 Å². The van der Waals surface area contributed by atoms with Crippen molar-refractivity contribution in [2.24, 2.45) is 0 Å². The number of hydrogen-bond acceptors (Lipinski definition) is 5. The molecule has 4 aromatic heterocycles. The fraction of sp³-hybridized carbons (Fsp3) is 0.120. The van der Waals surface area contributed by atoms with Gasteiger partial charge in [-0.3, -0.25) is 4.98 Å². The Bertz CT molecular complexity index is 1620. The van der Waals surface area contributed by atoms with Crippen LogP contribution in [0.1, 0.15) is 17.1 Å². The molecule has 5 aromatic rings. The van der Waals surface area contributed by atoms with Crippen molar-refractivity contribution in [3.8, 4) is 16.9 Å². The molecule has 0 bridgehead atoms. The van der Waals surface area contributed by atoms with E-state index >= 15 is 0 Å². The Morgan fingerprint density at radius 1 is 1.03 bits per heavy atom. The van der Waals surface area contributed by atoms with E-state index in [2.05, 4.69) is 4.98 Å². The summed E-state index contributed by atoms with van der Waals surface area (Å²) < 4.78 is 9.61. The third-order valence-corrected chi connectivity index (χ3v) is 5.91. The predicted molar refractivity (Wildman–Crippen MR) is 124 cm³/mol. The monoisotopic (exact) mass is 424 g/mol. The molecule has 7 nitrogen and oxygen atoms in total. The van der Waals surface area contributed by atoms with E-state index in [-0.39, 0.29) is 11.4 Å². The van der Waals surface area contributed by atoms with Gasteiger partial charge in [-0.25, -0.2) is 4.79 Å². The summed E-state index contributed by atoms with van der Waals surface area (Å²) in [6.45, 7) is 4.52. The Labute approximate surface area is 183 Å². The van der Waals surface area contributed by atoms with E-state index in [1.54, 1.807) is 12.3 Å². The third-order valence-electron chi connectivity index (χ3n) is 5.91. The molecule has 0 radical (unpaired) electrons. The molecular formula is C25H20N4O3. The van der Waals surface area contributed by atoms with Crippen molar-refractivity contribution in [2.75, 3.05) is 4.90 Å². The summed E-state index contributed by atoms with van der Waals surface area (Å²) >= 11 is 0. The van der Waals surface area contributed by atoms with Crippen molar-refractivity contribution in [3.63, 3.8) is 0 Å². The number of aromatic hydroxyl groups is 1. The first-order valence-electron chi connectivity index (χ1n) is 10.3. The van der Waals surface area contributed by atoms with Gasteiger partial charge >= 0.3 is 5.63 Å². The Morgan fingerprint density at radius 3 is 2.78 bits per heavy atom. The summed E-state index contributed by atoms with van der Waals surface area (Å²) in [7, 11) is 0. The Morgan fingerprint density at radius 2 is 1.91 bits per heavy atom. The zero-order valence-corrected chi connectivity index (χ0v) is 17.6. The molecule has 1 aliphatic heterocycles. The fourth-order valence-electron chi connectivity index (χ4n) is 4.39. The lowest BCUT2D eigenvalue weighted by Crippen LogP contribution is -2.20. The van der Waals surface area contributed by atoms with Crippen molar-refractivity contribution >= 4 is 28.4 Å². The molecule has 5 heterocycles. The second-order valence-corrected chi connectivity index (χ2v) is 8.18. The average Bonchev–Trinajstić information content (AvgIpc) is 3.34. The molecule has 0 spiro atoms. The first-order chi connectivity index (χ1) is 15.4. The summed E-state index contributed by atoms with van der Waals surface area (Å²) in [6.07, 6.45) is 9.38. The molecule has 0 fully saturated rings. The minimum absolute atomic E-state index is 0.239. The van der Waals surface area contributed by atoms with Gasteiger partial charge in [-0.15, -0.1) is 0 Å². The van der Waals surface area contributed by atoms with Crippen LogP contribution in [0.4, 0.5) is 5.69 Å². The first-order valence-corrected chi connectivity index (χ1v) is 10.3. The van der Waals surface area contributed by atoms with E-state index < -0.39 is 0 Å². The van der Waals surface area contributed by atoms with E-state index in [9.17, 15) is 9.90 Å². The maximum absolute atomic E-state index is 12.9. The standard InChI is InChI=1S/C25H20N4O3/c1-15-11-29-12-18(8-23(29)16(2)26-15)22-7-17-3-4-19(10-24(17)32-25(22)31)27-5-6-28-14-21(30)9-20(28)13-27/h3-12,14,30H,13H2,1-2H3. The average molecular weight is 424 g/mol. The maximum atomic E-state index is 12.9. The molecule has 1 N–H and O–H groups in total. The van der Waals surface area contributed by atoms with Gasteiger partial charge in [-0.1, -0.05) is 0 Å². The van der Waals surface area contributed by atoms with Gasteiger partial charge < -0.3 is 23.4 Å². The molecule has 1 aromatic carbocycles. The normalized spacial score (nSPS) is 13.2. The lowest BCUT2D eigenvalue weighted by molar-refractivity contribution is 0.475. The highest BCUT2D eigenvalue weighted by Gasteiger charge is 2.16. The molecular weight excluding hydrogens is 404 g/mol. The van der Waals surface area contributed by atoms with Crippen LogP contribution in [0.3, 0.4) is 0 Å². The lowest BCUT2D eigenvalue weighted by Gasteiger charge is -2.24. The molecule has 1 aliphatic rings. The molecule has 0 saturated heterocycles. The molecule has 32 heavy (non-hydrogen) atoms. The van der Waals surface area contributed by atoms with Gasteiger partial charge in [0.05, 0.1) is 35.2 Å². The number of nitrogens with zero attached hydrogens (tertiary/aromatic N) is 4. The molecule has 0 saturated carbocycles. The Kier molecular flexibility index (Phi) is 3.83. The van der Waals surface area contributed by atoms with Crippen LogP contribution in [-0.4, -0.2) is 19.1 Å². The minimum Gasteiger partial charge on any atom is -0.506 e. The van der Waals surface area contributed by atoms with E-state index in [0.29, 0.717) is 17.7 Å². The Hall–Kier alpha value is -4.26. The number of benzene rings is 1. The number of rotatable bonds is 2. The maximum Gasteiger partial charge on any atom is 0.344 e.